The Morgan fingerprint density at radius 3 is 2.36 bits per heavy atom. The first-order valence-electron chi connectivity index (χ1n) is 10.9. The van der Waals surface area contributed by atoms with E-state index in [0.29, 0.717) is 11.3 Å². The molecule has 4 rings (SSSR count). The molecule has 0 saturated carbocycles. The molecule has 0 aliphatic carbocycles. The molecule has 33 heavy (non-hydrogen) atoms. The van der Waals surface area contributed by atoms with Gasteiger partial charge in [-0.15, -0.1) is 0 Å². The van der Waals surface area contributed by atoms with Crippen LogP contribution in [0.15, 0.2) is 78.6 Å². The molecule has 1 saturated heterocycles. The van der Waals surface area contributed by atoms with E-state index in [9.17, 15) is 14.7 Å². The molecule has 0 radical (unpaired) electrons. The molecule has 1 fully saturated rings. The number of nitrogens with one attached hydrogen (secondary N) is 1. The summed E-state index contributed by atoms with van der Waals surface area (Å²) in [6.07, 6.45) is 3.55. The van der Waals surface area contributed by atoms with Gasteiger partial charge in [-0.05, 0) is 50.1 Å². The predicted molar refractivity (Wildman–Crippen MR) is 122 cm³/mol. The van der Waals surface area contributed by atoms with Crippen LogP contribution in [-0.4, -0.2) is 22.7 Å². The van der Waals surface area contributed by atoms with Crippen molar-refractivity contribution in [2.75, 3.05) is 0 Å². The van der Waals surface area contributed by atoms with Crippen molar-refractivity contribution in [1.82, 2.24) is 4.90 Å². The summed E-state index contributed by atoms with van der Waals surface area (Å²) in [6, 6.07) is 17.2. The molecule has 2 heterocycles. The highest BCUT2D eigenvalue weighted by Crippen LogP contribution is 2.39. The average Bonchev–Trinajstić information content (AvgIpc) is 3.05. The fourth-order valence-corrected chi connectivity index (χ4v) is 3.97. The molecule has 1 atom stereocenters. The number of benzene rings is 2. The molecular weight excluding hydrogens is 416 g/mol. The summed E-state index contributed by atoms with van der Waals surface area (Å²) >= 11 is 0. The molecule has 6 heteroatoms. The number of Topliss-reactive ketones (excluding diaryl/α,β-unsaturated/α-hetero) is 1. The normalized spacial score (nSPS) is 17.6. The third-order valence-corrected chi connectivity index (χ3v) is 5.54. The maximum Gasteiger partial charge on any atom is 0.295 e. The number of ether oxygens (including phenoxy) is 1. The zero-order valence-corrected chi connectivity index (χ0v) is 18.9. The van der Waals surface area contributed by atoms with Crippen LogP contribution in [0.1, 0.15) is 42.1 Å². The van der Waals surface area contributed by atoms with Gasteiger partial charge in [0, 0.05) is 17.2 Å². The van der Waals surface area contributed by atoms with Gasteiger partial charge >= 0.3 is 0 Å². The Hall–Kier alpha value is -3.93. The Kier molecular flexibility index (Phi) is 6.27. The fourth-order valence-electron chi connectivity index (χ4n) is 3.97. The first kappa shape index (κ1) is 22.3. The zero-order chi connectivity index (χ0) is 23.5. The zero-order valence-electron chi connectivity index (χ0n) is 18.9. The number of amides is 1. The Labute approximate surface area is 193 Å². The lowest BCUT2D eigenvalue weighted by Crippen LogP contribution is -2.29. The molecule has 1 aliphatic heterocycles. The Bertz CT molecular complexity index is 1180. The number of aromatic amines is 1. The number of aryl methyl sites for hydroxylation is 1. The summed E-state index contributed by atoms with van der Waals surface area (Å²) in [5, 5.41) is 13.5. The number of carbonyl (C=O) groups is 2. The van der Waals surface area contributed by atoms with Gasteiger partial charge in [0.05, 0.1) is 18.7 Å². The first-order chi connectivity index (χ1) is 15.8. The van der Waals surface area contributed by atoms with Crippen molar-refractivity contribution in [2.24, 2.45) is 0 Å². The van der Waals surface area contributed by atoms with Crippen molar-refractivity contribution < 1.29 is 24.4 Å². The second kappa shape index (κ2) is 9.28. The first-order valence-corrected chi connectivity index (χ1v) is 10.9. The van der Waals surface area contributed by atoms with Gasteiger partial charge in [0.15, 0.2) is 12.4 Å². The van der Waals surface area contributed by atoms with Crippen molar-refractivity contribution >= 4 is 17.4 Å². The van der Waals surface area contributed by atoms with Crippen molar-refractivity contribution in [3.8, 4) is 5.75 Å². The summed E-state index contributed by atoms with van der Waals surface area (Å²) in [6.45, 7) is 6.01. The van der Waals surface area contributed by atoms with E-state index in [0.717, 1.165) is 16.7 Å². The van der Waals surface area contributed by atoms with Crippen LogP contribution in [0, 0.1) is 6.92 Å². The van der Waals surface area contributed by atoms with E-state index in [1.807, 2.05) is 57.2 Å². The number of rotatable bonds is 6. The molecule has 1 N–H and O–H groups in total. The molecule has 1 aliphatic rings. The minimum absolute atomic E-state index is 0.00432. The minimum atomic E-state index is -0.759. The molecule has 1 aromatic heterocycles. The lowest BCUT2D eigenvalue weighted by molar-refractivity contribution is -0.378. The number of ketones is 1. The van der Waals surface area contributed by atoms with Gasteiger partial charge in [0.2, 0.25) is 5.78 Å². The molecular formula is C27H26N2O4. The van der Waals surface area contributed by atoms with Crippen LogP contribution in [0.5, 0.6) is 5.75 Å². The predicted octanol–water partition coefficient (Wildman–Crippen LogP) is 3.02. The molecule has 0 bridgehead atoms. The van der Waals surface area contributed by atoms with Crippen molar-refractivity contribution in [2.45, 2.75) is 39.5 Å². The SMILES string of the molecule is Cc1ccc(C2C(=C([O-])c3ccc(OC(C)C)cc3)C(=O)C(=O)N2Cc2ccc[nH+]c2)cc1. The highest BCUT2D eigenvalue weighted by Gasteiger charge is 2.44. The van der Waals surface area contributed by atoms with Gasteiger partial charge in [-0.1, -0.05) is 47.7 Å². The summed E-state index contributed by atoms with van der Waals surface area (Å²) in [4.78, 5) is 30.6. The third-order valence-electron chi connectivity index (χ3n) is 5.54. The maximum absolute atomic E-state index is 13.5. The molecule has 1 amide bonds. The molecule has 6 nitrogen and oxygen atoms in total. The van der Waals surface area contributed by atoms with Crippen LogP contribution in [0.4, 0.5) is 0 Å². The number of H-pyrrole nitrogens is 1. The van der Waals surface area contributed by atoms with Crippen LogP contribution in [-0.2, 0) is 16.1 Å². The largest absolute Gasteiger partial charge is 0.872 e. The number of hydrogen-bond acceptors (Lipinski definition) is 4. The van der Waals surface area contributed by atoms with Crippen LogP contribution in [0.3, 0.4) is 0 Å². The van der Waals surface area contributed by atoms with Gasteiger partial charge in [0.1, 0.15) is 5.75 Å². The number of nitrogens with zero attached hydrogens (tertiary/aromatic N) is 1. The second-order valence-corrected chi connectivity index (χ2v) is 8.42. The number of likely N-dealkylation sites (tertiary alicyclic amines) is 1. The smallest absolute Gasteiger partial charge is 0.295 e. The van der Waals surface area contributed by atoms with Crippen LogP contribution in [0.25, 0.3) is 5.76 Å². The summed E-state index contributed by atoms with van der Waals surface area (Å²) < 4.78 is 5.65. The van der Waals surface area contributed by atoms with Crippen LogP contribution in [0.2, 0.25) is 0 Å². The van der Waals surface area contributed by atoms with E-state index in [2.05, 4.69) is 4.98 Å². The van der Waals surface area contributed by atoms with E-state index in [-0.39, 0.29) is 18.2 Å². The van der Waals surface area contributed by atoms with E-state index >= 15 is 0 Å². The second-order valence-electron chi connectivity index (χ2n) is 8.42. The summed E-state index contributed by atoms with van der Waals surface area (Å²) in [7, 11) is 0. The van der Waals surface area contributed by atoms with Crippen LogP contribution < -0.4 is 14.8 Å². The Morgan fingerprint density at radius 2 is 1.76 bits per heavy atom. The Morgan fingerprint density at radius 1 is 1.06 bits per heavy atom. The number of carbonyl (C=O) groups excluding carboxylic acids is 2. The van der Waals surface area contributed by atoms with Crippen molar-refractivity contribution in [3.05, 3.63) is 101 Å². The lowest BCUT2D eigenvalue weighted by Gasteiger charge is -2.27. The Balaban J connectivity index is 1.79. The molecule has 168 valence electrons. The van der Waals surface area contributed by atoms with E-state index in [4.69, 9.17) is 4.74 Å². The highest BCUT2D eigenvalue weighted by atomic mass is 16.5. The molecule has 1 unspecified atom stereocenters. The van der Waals surface area contributed by atoms with Crippen LogP contribution >= 0.6 is 0 Å². The number of hydrogen-bond donors (Lipinski definition) is 0. The van der Waals surface area contributed by atoms with E-state index < -0.39 is 23.5 Å². The quantitative estimate of drug-likeness (QED) is 0.334. The highest BCUT2D eigenvalue weighted by molar-refractivity contribution is 6.46. The minimum Gasteiger partial charge on any atom is -0.872 e. The summed E-state index contributed by atoms with van der Waals surface area (Å²) in [5.74, 6) is -1.24. The van der Waals surface area contributed by atoms with Crippen molar-refractivity contribution in [3.63, 3.8) is 0 Å². The van der Waals surface area contributed by atoms with Gasteiger partial charge in [0.25, 0.3) is 5.91 Å². The fraction of sp³-hybridized carbons (Fsp3) is 0.222. The molecule has 2 aromatic carbocycles. The standard InChI is InChI=1S/C27H26N2O4/c1-17(2)33-22-12-10-21(11-13-22)25(30)23-24(20-8-6-18(3)7-9-20)29(27(32)26(23)31)16-19-5-4-14-28-15-19/h4-15,17,24,30H,16H2,1-3H3. The van der Waals surface area contributed by atoms with Gasteiger partial charge in [-0.25, -0.2) is 4.98 Å². The third kappa shape index (κ3) is 4.65. The van der Waals surface area contributed by atoms with Gasteiger partial charge < -0.3 is 14.7 Å². The van der Waals surface area contributed by atoms with Crippen molar-refractivity contribution in [1.29, 1.82) is 0 Å². The number of aromatic nitrogens is 1. The monoisotopic (exact) mass is 442 g/mol. The average molecular weight is 443 g/mol. The number of pyridine rings is 1. The lowest BCUT2D eigenvalue weighted by atomic mass is 9.94. The summed E-state index contributed by atoms with van der Waals surface area (Å²) in [5.41, 5.74) is 2.92. The van der Waals surface area contributed by atoms with Gasteiger partial charge in [-0.3, -0.25) is 9.59 Å². The topological polar surface area (TPSA) is 83.8 Å². The van der Waals surface area contributed by atoms with Gasteiger partial charge in [-0.2, -0.15) is 0 Å². The van der Waals surface area contributed by atoms with E-state index in [1.165, 1.54) is 4.90 Å². The molecule has 3 aromatic rings. The maximum atomic E-state index is 13.5. The molecule has 0 spiro atoms. The van der Waals surface area contributed by atoms with E-state index in [1.54, 1.807) is 36.7 Å².